The standard InChI is InChI=1S/C23H35N3O8S/c1-6-33-21(28)19(25-35(30,31)18-11-9-17(32-5)10-12-18)14-24-20(27)16-8-7-13-26(15-16)22(29)34-23(2,3)4/h9-12,16,19,25H,6-8,13-15H2,1-5H3,(H,24,27)/t16?,19-/m0/s1. The number of nitrogens with one attached hydrogen (secondary N) is 2. The molecule has 0 spiro atoms. The minimum Gasteiger partial charge on any atom is -0.497 e. The van der Waals surface area contributed by atoms with E-state index >= 15 is 0 Å². The molecular weight excluding hydrogens is 478 g/mol. The van der Waals surface area contributed by atoms with E-state index in [1.807, 2.05) is 0 Å². The van der Waals surface area contributed by atoms with Crippen molar-refractivity contribution in [3.8, 4) is 5.75 Å². The predicted octanol–water partition coefficient (Wildman–Crippen LogP) is 1.67. The molecule has 0 aromatic heterocycles. The van der Waals surface area contributed by atoms with E-state index in [4.69, 9.17) is 14.2 Å². The van der Waals surface area contributed by atoms with Crippen LogP contribution in [0, 0.1) is 5.92 Å². The third-order valence-corrected chi connectivity index (χ3v) is 6.65. The minimum absolute atomic E-state index is 0.0427. The maximum Gasteiger partial charge on any atom is 0.410 e. The predicted molar refractivity (Wildman–Crippen MR) is 127 cm³/mol. The molecule has 1 fully saturated rings. The first kappa shape index (κ1) is 28.4. The van der Waals surface area contributed by atoms with Crippen molar-refractivity contribution in [1.29, 1.82) is 0 Å². The van der Waals surface area contributed by atoms with Crippen LogP contribution in [0.15, 0.2) is 29.2 Å². The van der Waals surface area contributed by atoms with Crippen LogP contribution in [0.25, 0.3) is 0 Å². The minimum atomic E-state index is -4.09. The van der Waals surface area contributed by atoms with Gasteiger partial charge in [0.25, 0.3) is 0 Å². The first-order chi connectivity index (χ1) is 16.4. The van der Waals surface area contributed by atoms with E-state index in [9.17, 15) is 22.8 Å². The fourth-order valence-corrected chi connectivity index (χ4v) is 4.64. The summed E-state index contributed by atoms with van der Waals surface area (Å²) in [5.74, 6) is -1.25. The molecule has 1 aromatic rings. The van der Waals surface area contributed by atoms with Gasteiger partial charge in [-0.25, -0.2) is 13.2 Å². The van der Waals surface area contributed by atoms with Crippen LogP contribution in [0.3, 0.4) is 0 Å². The maximum absolute atomic E-state index is 12.8. The number of nitrogens with zero attached hydrogens (tertiary/aromatic N) is 1. The molecule has 1 aromatic carbocycles. The second-order valence-electron chi connectivity index (χ2n) is 9.11. The Morgan fingerprint density at radius 3 is 2.40 bits per heavy atom. The number of piperidine rings is 1. The molecule has 0 bridgehead atoms. The van der Waals surface area contributed by atoms with E-state index in [0.717, 1.165) is 0 Å². The number of carbonyl (C=O) groups excluding carboxylic acids is 3. The molecular formula is C23H35N3O8S. The van der Waals surface area contributed by atoms with Gasteiger partial charge in [-0.05, 0) is 64.8 Å². The average molecular weight is 514 g/mol. The fourth-order valence-electron chi connectivity index (χ4n) is 3.46. The van der Waals surface area contributed by atoms with Gasteiger partial charge in [-0.1, -0.05) is 0 Å². The van der Waals surface area contributed by atoms with E-state index in [2.05, 4.69) is 10.0 Å². The Morgan fingerprint density at radius 1 is 1.17 bits per heavy atom. The Morgan fingerprint density at radius 2 is 1.83 bits per heavy atom. The number of hydrogen-bond acceptors (Lipinski definition) is 8. The van der Waals surface area contributed by atoms with E-state index < -0.39 is 45.6 Å². The number of esters is 1. The zero-order valence-corrected chi connectivity index (χ0v) is 21.6. The highest BCUT2D eigenvalue weighted by Gasteiger charge is 2.33. The first-order valence-electron chi connectivity index (χ1n) is 11.4. The Labute approximate surface area is 206 Å². The van der Waals surface area contributed by atoms with Crippen LogP contribution in [0.2, 0.25) is 0 Å². The van der Waals surface area contributed by atoms with Crippen LogP contribution >= 0.6 is 0 Å². The summed E-state index contributed by atoms with van der Waals surface area (Å²) in [7, 11) is -2.63. The quantitative estimate of drug-likeness (QED) is 0.475. The zero-order valence-electron chi connectivity index (χ0n) is 20.8. The van der Waals surface area contributed by atoms with Crippen molar-refractivity contribution in [3.05, 3.63) is 24.3 Å². The Bertz CT molecular complexity index is 989. The zero-order chi connectivity index (χ0) is 26.2. The van der Waals surface area contributed by atoms with Gasteiger partial charge < -0.3 is 24.4 Å². The highest BCUT2D eigenvalue weighted by atomic mass is 32.2. The number of sulfonamides is 1. The number of benzene rings is 1. The van der Waals surface area contributed by atoms with Crippen LogP contribution < -0.4 is 14.8 Å². The molecule has 2 rings (SSSR count). The van der Waals surface area contributed by atoms with Crippen molar-refractivity contribution in [1.82, 2.24) is 14.9 Å². The lowest BCUT2D eigenvalue weighted by Crippen LogP contribution is -2.52. The molecule has 1 unspecified atom stereocenters. The molecule has 2 atom stereocenters. The molecule has 0 radical (unpaired) electrons. The van der Waals surface area contributed by atoms with Gasteiger partial charge in [0.2, 0.25) is 15.9 Å². The van der Waals surface area contributed by atoms with Crippen molar-refractivity contribution in [2.45, 2.75) is 57.1 Å². The van der Waals surface area contributed by atoms with Crippen molar-refractivity contribution >= 4 is 28.0 Å². The Hall–Kier alpha value is -2.86. The van der Waals surface area contributed by atoms with Crippen LogP contribution in [0.5, 0.6) is 5.75 Å². The van der Waals surface area contributed by atoms with Crippen LogP contribution in [-0.4, -0.2) is 76.3 Å². The molecule has 1 heterocycles. The SMILES string of the molecule is CCOC(=O)[C@H](CNC(=O)C1CCCN(C(=O)OC(C)(C)C)C1)NS(=O)(=O)c1ccc(OC)cc1. The number of amides is 2. The first-order valence-corrected chi connectivity index (χ1v) is 12.9. The van der Waals surface area contributed by atoms with Gasteiger partial charge in [0.05, 0.1) is 24.5 Å². The molecule has 0 aliphatic carbocycles. The smallest absolute Gasteiger partial charge is 0.410 e. The number of ether oxygens (including phenoxy) is 3. The van der Waals surface area contributed by atoms with Crippen molar-refractivity contribution in [3.63, 3.8) is 0 Å². The summed E-state index contributed by atoms with van der Waals surface area (Å²) in [4.78, 5) is 39.0. The van der Waals surface area contributed by atoms with E-state index in [1.54, 1.807) is 27.7 Å². The monoisotopic (exact) mass is 513 g/mol. The summed E-state index contributed by atoms with van der Waals surface area (Å²) in [6, 6.07) is 4.31. The largest absolute Gasteiger partial charge is 0.497 e. The number of carbonyl (C=O) groups is 3. The molecule has 11 nitrogen and oxygen atoms in total. The van der Waals surface area contributed by atoms with Crippen LogP contribution in [0.4, 0.5) is 4.79 Å². The molecule has 2 amide bonds. The summed E-state index contributed by atoms with van der Waals surface area (Å²) in [5.41, 5.74) is -0.653. The number of rotatable bonds is 9. The van der Waals surface area contributed by atoms with Gasteiger partial charge in [0, 0.05) is 19.6 Å². The van der Waals surface area contributed by atoms with Crippen molar-refractivity contribution in [2.75, 3.05) is 33.4 Å². The number of methoxy groups -OCH3 is 1. The normalized spacial score (nSPS) is 17.3. The highest BCUT2D eigenvalue weighted by Crippen LogP contribution is 2.20. The molecule has 12 heteroatoms. The average Bonchev–Trinajstić information content (AvgIpc) is 2.80. The van der Waals surface area contributed by atoms with Gasteiger partial charge in [-0.15, -0.1) is 0 Å². The van der Waals surface area contributed by atoms with Gasteiger partial charge in [-0.3, -0.25) is 9.59 Å². The van der Waals surface area contributed by atoms with E-state index in [0.29, 0.717) is 25.1 Å². The molecule has 35 heavy (non-hydrogen) atoms. The van der Waals surface area contributed by atoms with Gasteiger partial charge in [0.15, 0.2) is 0 Å². The molecule has 1 aliphatic rings. The van der Waals surface area contributed by atoms with Crippen molar-refractivity contribution in [2.24, 2.45) is 5.92 Å². The van der Waals surface area contributed by atoms with Crippen LogP contribution in [0.1, 0.15) is 40.5 Å². The molecule has 196 valence electrons. The van der Waals surface area contributed by atoms with Crippen molar-refractivity contribution < 1.29 is 37.0 Å². The second-order valence-corrected chi connectivity index (χ2v) is 10.8. The molecule has 2 N–H and O–H groups in total. The fraction of sp³-hybridized carbons (Fsp3) is 0.609. The molecule has 1 aliphatic heterocycles. The summed E-state index contributed by atoms with van der Waals surface area (Å²) in [5, 5.41) is 2.63. The summed E-state index contributed by atoms with van der Waals surface area (Å²) >= 11 is 0. The third-order valence-electron chi connectivity index (χ3n) is 5.16. The lowest BCUT2D eigenvalue weighted by Gasteiger charge is -2.33. The molecule has 0 saturated carbocycles. The third kappa shape index (κ3) is 8.70. The van der Waals surface area contributed by atoms with E-state index in [1.165, 1.54) is 36.3 Å². The van der Waals surface area contributed by atoms with E-state index in [-0.39, 0.29) is 24.6 Å². The Balaban J connectivity index is 2.04. The summed E-state index contributed by atoms with van der Waals surface area (Å²) in [6.45, 7) is 7.27. The number of likely N-dealkylation sites (tertiary alicyclic amines) is 1. The lowest BCUT2D eigenvalue weighted by atomic mass is 9.97. The van der Waals surface area contributed by atoms with Crippen LogP contribution in [-0.2, 0) is 29.1 Å². The maximum atomic E-state index is 12.8. The molecule has 1 saturated heterocycles. The van der Waals surface area contributed by atoms with Gasteiger partial charge >= 0.3 is 12.1 Å². The summed E-state index contributed by atoms with van der Waals surface area (Å²) < 4.78 is 43.3. The lowest BCUT2D eigenvalue weighted by molar-refractivity contribution is -0.145. The second kappa shape index (κ2) is 12.2. The topological polar surface area (TPSA) is 140 Å². The van der Waals surface area contributed by atoms with Gasteiger partial charge in [-0.2, -0.15) is 4.72 Å². The Kier molecular flexibility index (Phi) is 9.90. The number of hydrogen-bond donors (Lipinski definition) is 2. The summed E-state index contributed by atoms with van der Waals surface area (Å²) in [6.07, 6.45) is 0.668. The highest BCUT2D eigenvalue weighted by molar-refractivity contribution is 7.89. The van der Waals surface area contributed by atoms with Gasteiger partial charge in [0.1, 0.15) is 17.4 Å².